The summed E-state index contributed by atoms with van der Waals surface area (Å²) < 4.78 is 0. The van der Waals surface area contributed by atoms with Crippen LogP contribution in [0.15, 0.2) is 48.5 Å². The molecule has 0 atom stereocenters. The first-order chi connectivity index (χ1) is 9.29. The van der Waals surface area contributed by atoms with Gasteiger partial charge < -0.3 is 5.73 Å². The van der Waals surface area contributed by atoms with E-state index in [0.717, 1.165) is 49.9 Å². The maximum atomic E-state index is 11.2. The number of carbonyl (C=O) groups is 1. The quantitative estimate of drug-likeness (QED) is 0.313. The Hall–Kier alpha value is -2.61. The molecule has 0 heterocycles. The number of carbonyl (C=O) groups excluding carboxylic acids is 1. The normalized spacial score (nSPS) is 11.6. The van der Waals surface area contributed by atoms with Gasteiger partial charge in [0.25, 0.3) is 0 Å². The van der Waals surface area contributed by atoms with Crippen LogP contribution in [0.25, 0.3) is 32.3 Å². The highest BCUT2D eigenvalue weighted by atomic mass is 16.1. The van der Waals surface area contributed by atoms with Crippen molar-refractivity contribution in [1.29, 1.82) is 0 Å². The molecule has 2 heteroatoms. The summed E-state index contributed by atoms with van der Waals surface area (Å²) in [5.41, 5.74) is 7.57. The molecule has 0 aliphatic rings. The molecule has 0 bridgehead atoms. The first kappa shape index (κ1) is 10.3. The number of anilines is 1. The minimum absolute atomic E-state index is 0.726. The number of hydrogen-bond donors (Lipinski definition) is 1. The van der Waals surface area contributed by atoms with Crippen LogP contribution in [0.1, 0.15) is 10.4 Å². The van der Waals surface area contributed by atoms with E-state index in [2.05, 4.69) is 18.2 Å². The third-order valence-electron chi connectivity index (χ3n) is 3.86. The first-order valence-corrected chi connectivity index (χ1v) is 6.21. The van der Waals surface area contributed by atoms with Gasteiger partial charge in [-0.25, -0.2) is 0 Å². The molecule has 2 N–H and O–H groups in total. The van der Waals surface area contributed by atoms with Gasteiger partial charge in [-0.15, -0.1) is 0 Å². The van der Waals surface area contributed by atoms with Crippen LogP contribution < -0.4 is 5.73 Å². The third kappa shape index (κ3) is 1.23. The van der Waals surface area contributed by atoms with Crippen molar-refractivity contribution in [2.24, 2.45) is 0 Å². The summed E-state index contributed by atoms with van der Waals surface area (Å²) in [6.45, 7) is 0. The molecule has 0 saturated carbocycles. The molecule has 0 radical (unpaired) electrons. The molecule has 4 rings (SSSR count). The fraction of sp³-hybridized carbons (Fsp3) is 0. The number of hydrogen-bond acceptors (Lipinski definition) is 2. The van der Waals surface area contributed by atoms with E-state index in [4.69, 9.17) is 5.73 Å². The van der Waals surface area contributed by atoms with Crippen LogP contribution in [0.2, 0.25) is 0 Å². The van der Waals surface area contributed by atoms with Crippen molar-refractivity contribution in [1.82, 2.24) is 0 Å². The zero-order valence-electron chi connectivity index (χ0n) is 10.2. The molecule has 0 saturated heterocycles. The van der Waals surface area contributed by atoms with E-state index in [9.17, 15) is 4.79 Å². The van der Waals surface area contributed by atoms with Crippen LogP contribution >= 0.6 is 0 Å². The van der Waals surface area contributed by atoms with Crippen LogP contribution in [-0.4, -0.2) is 6.29 Å². The van der Waals surface area contributed by atoms with E-state index in [-0.39, 0.29) is 0 Å². The highest BCUT2D eigenvalue weighted by Gasteiger charge is 2.11. The van der Waals surface area contributed by atoms with Crippen molar-refractivity contribution in [2.75, 3.05) is 5.73 Å². The van der Waals surface area contributed by atoms with Crippen molar-refractivity contribution in [2.45, 2.75) is 0 Å². The maximum absolute atomic E-state index is 11.2. The van der Waals surface area contributed by atoms with Crippen molar-refractivity contribution >= 4 is 44.3 Å². The zero-order chi connectivity index (χ0) is 13.0. The molecule has 0 aliphatic carbocycles. The predicted molar refractivity (Wildman–Crippen MR) is 79.9 cm³/mol. The summed E-state index contributed by atoms with van der Waals surface area (Å²) in [5.74, 6) is 0. The average molecular weight is 245 g/mol. The molecule has 0 aromatic heterocycles. The van der Waals surface area contributed by atoms with Crippen molar-refractivity contribution in [3.63, 3.8) is 0 Å². The topological polar surface area (TPSA) is 43.1 Å². The molecule has 2 nitrogen and oxygen atoms in total. The van der Waals surface area contributed by atoms with Gasteiger partial charge in [0, 0.05) is 16.6 Å². The Morgan fingerprint density at radius 1 is 0.737 bits per heavy atom. The van der Waals surface area contributed by atoms with E-state index in [0.29, 0.717) is 0 Å². The van der Waals surface area contributed by atoms with E-state index in [1.807, 2.05) is 30.3 Å². The minimum atomic E-state index is 0.726. The average Bonchev–Trinajstić information content (AvgIpc) is 2.46. The highest BCUT2D eigenvalue weighted by Crippen LogP contribution is 2.37. The monoisotopic (exact) mass is 245 g/mol. The van der Waals surface area contributed by atoms with Crippen molar-refractivity contribution < 1.29 is 4.79 Å². The third-order valence-corrected chi connectivity index (χ3v) is 3.86. The fourth-order valence-electron chi connectivity index (χ4n) is 2.95. The predicted octanol–water partition coefficient (Wildman–Crippen LogP) is 3.98. The van der Waals surface area contributed by atoms with Crippen LogP contribution in [0, 0.1) is 0 Å². The minimum Gasteiger partial charge on any atom is -0.398 e. The van der Waals surface area contributed by atoms with E-state index in [1.165, 1.54) is 0 Å². The SMILES string of the molecule is Nc1ccc2ccc3c(C=O)ccc4ccc1c2c43. The maximum Gasteiger partial charge on any atom is 0.150 e. The number of benzene rings is 4. The summed E-state index contributed by atoms with van der Waals surface area (Å²) in [7, 11) is 0. The van der Waals surface area contributed by atoms with Crippen LogP contribution in [0.3, 0.4) is 0 Å². The van der Waals surface area contributed by atoms with Gasteiger partial charge in [-0.1, -0.05) is 42.5 Å². The Kier molecular flexibility index (Phi) is 1.88. The largest absolute Gasteiger partial charge is 0.398 e. The van der Waals surface area contributed by atoms with E-state index in [1.54, 1.807) is 0 Å². The van der Waals surface area contributed by atoms with E-state index >= 15 is 0 Å². The fourth-order valence-corrected chi connectivity index (χ4v) is 2.95. The zero-order valence-corrected chi connectivity index (χ0v) is 10.2. The standard InChI is InChI=1S/C17H11NO/c18-15-8-5-11-3-6-13-12(9-19)2-1-10-4-7-14(15)17(11)16(10)13/h1-9H,18H2. The van der Waals surface area contributed by atoms with Crippen LogP contribution in [0.5, 0.6) is 0 Å². The lowest BCUT2D eigenvalue weighted by molar-refractivity contribution is 0.112. The molecule has 4 aromatic carbocycles. The Bertz CT molecular complexity index is 940. The second-order valence-electron chi connectivity index (χ2n) is 4.85. The summed E-state index contributed by atoms with van der Waals surface area (Å²) in [6.07, 6.45) is 0.912. The molecule has 0 amide bonds. The van der Waals surface area contributed by atoms with E-state index < -0.39 is 0 Å². The van der Waals surface area contributed by atoms with Gasteiger partial charge in [0.15, 0.2) is 6.29 Å². The highest BCUT2D eigenvalue weighted by molar-refractivity contribution is 6.26. The number of rotatable bonds is 1. The lowest BCUT2D eigenvalue weighted by Gasteiger charge is -2.13. The smallest absolute Gasteiger partial charge is 0.150 e. The molecular formula is C17H11NO. The Morgan fingerprint density at radius 2 is 1.32 bits per heavy atom. The van der Waals surface area contributed by atoms with Gasteiger partial charge in [0.1, 0.15) is 0 Å². The summed E-state index contributed by atoms with van der Waals surface area (Å²) in [6, 6.07) is 16.0. The Balaban J connectivity index is 2.43. The lowest BCUT2D eigenvalue weighted by atomic mass is 9.92. The summed E-state index contributed by atoms with van der Waals surface area (Å²) >= 11 is 0. The van der Waals surface area contributed by atoms with Crippen LogP contribution in [-0.2, 0) is 0 Å². The van der Waals surface area contributed by atoms with Gasteiger partial charge in [-0.3, -0.25) is 4.79 Å². The number of nitrogens with two attached hydrogens (primary N) is 1. The molecule has 4 aromatic rings. The first-order valence-electron chi connectivity index (χ1n) is 6.21. The molecule has 0 fully saturated rings. The molecule has 0 unspecified atom stereocenters. The number of nitrogen functional groups attached to an aromatic ring is 1. The van der Waals surface area contributed by atoms with Crippen LogP contribution in [0.4, 0.5) is 5.69 Å². The Labute approximate surface area is 109 Å². The number of aldehydes is 1. The van der Waals surface area contributed by atoms with Crippen molar-refractivity contribution in [3.8, 4) is 0 Å². The molecule has 0 aliphatic heterocycles. The van der Waals surface area contributed by atoms with Gasteiger partial charge in [-0.05, 0) is 33.0 Å². The molecular weight excluding hydrogens is 234 g/mol. The second kappa shape index (κ2) is 3.45. The van der Waals surface area contributed by atoms with Gasteiger partial charge in [0.05, 0.1) is 0 Å². The molecule has 0 spiro atoms. The van der Waals surface area contributed by atoms with Gasteiger partial charge in [0.2, 0.25) is 0 Å². The molecule has 90 valence electrons. The lowest BCUT2D eigenvalue weighted by Crippen LogP contribution is -1.91. The molecule has 19 heavy (non-hydrogen) atoms. The summed E-state index contributed by atoms with van der Waals surface area (Å²) in [5, 5.41) is 6.63. The van der Waals surface area contributed by atoms with Crippen molar-refractivity contribution in [3.05, 3.63) is 54.1 Å². The van der Waals surface area contributed by atoms with Gasteiger partial charge in [-0.2, -0.15) is 0 Å². The summed E-state index contributed by atoms with van der Waals surface area (Å²) in [4.78, 5) is 11.2. The Morgan fingerprint density at radius 3 is 2.05 bits per heavy atom. The second-order valence-corrected chi connectivity index (χ2v) is 4.85. The van der Waals surface area contributed by atoms with Gasteiger partial charge >= 0.3 is 0 Å².